The average Bonchev–Trinajstić information content (AvgIpc) is 2.92. The maximum absolute atomic E-state index is 12.4. The number of benzene rings is 1. The average molecular weight is 414 g/mol. The quantitative estimate of drug-likeness (QED) is 0.764. The van der Waals surface area contributed by atoms with E-state index in [-0.39, 0.29) is 30.0 Å². The molecule has 6 nitrogen and oxygen atoms in total. The normalized spacial score (nSPS) is 20.4. The Hall–Kier alpha value is -1.76. The molecule has 7 heteroatoms. The highest BCUT2D eigenvalue weighted by molar-refractivity contribution is 9.10. The number of hydrogen-bond acceptors (Lipinski definition) is 5. The van der Waals surface area contributed by atoms with Gasteiger partial charge in [0.05, 0.1) is 18.0 Å². The van der Waals surface area contributed by atoms with E-state index in [2.05, 4.69) is 15.9 Å². The van der Waals surface area contributed by atoms with Crippen LogP contribution in [0.15, 0.2) is 22.7 Å². The van der Waals surface area contributed by atoms with Crippen LogP contribution in [0.3, 0.4) is 0 Å². The molecule has 0 unspecified atom stereocenters. The highest BCUT2D eigenvalue weighted by atomic mass is 79.9. The minimum atomic E-state index is -0.592. The minimum absolute atomic E-state index is 0.133. The number of hydrogen-bond donors (Lipinski definition) is 1. The van der Waals surface area contributed by atoms with Crippen LogP contribution >= 0.6 is 15.9 Å². The number of phenols is 1. The second-order valence-electron chi connectivity index (χ2n) is 7.21. The SMILES string of the molecule is COC(=O)C[C@H]1CN(C(=O)OC(C)(C)C)C[C@@H]1c1cccc(Br)c1O. The molecule has 1 aliphatic heterocycles. The Kier molecular flexibility index (Phi) is 5.98. The van der Waals surface area contributed by atoms with Crippen molar-refractivity contribution in [1.29, 1.82) is 0 Å². The molecule has 0 aromatic heterocycles. The molecule has 138 valence electrons. The van der Waals surface area contributed by atoms with Crippen LogP contribution in [0.4, 0.5) is 4.79 Å². The number of carbonyl (C=O) groups excluding carboxylic acids is 2. The lowest BCUT2D eigenvalue weighted by atomic mass is 9.86. The number of para-hydroxylation sites is 1. The Morgan fingerprint density at radius 3 is 2.60 bits per heavy atom. The standard InChI is InChI=1S/C18H24BrNO5/c1-18(2,3)25-17(23)20-9-11(8-15(21)24-4)13(10-20)12-6-5-7-14(19)16(12)22/h5-7,11,13,22H,8-10H2,1-4H3/t11-,13-/m0/s1. The first kappa shape index (κ1) is 19.6. The maximum Gasteiger partial charge on any atom is 0.410 e. The fourth-order valence-corrected chi connectivity index (χ4v) is 3.42. The summed E-state index contributed by atoms with van der Waals surface area (Å²) >= 11 is 3.31. The molecular weight excluding hydrogens is 390 g/mol. The third-order valence-electron chi connectivity index (χ3n) is 4.17. The topological polar surface area (TPSA) is 76.1 Å². The number of amides is 1. The minimum Gasteiger partial charge on any atom is -0.506 e. The van der Waals surface area contributed by atoms with Crippen molar-refractivity contribution in [2.45, 2.75) is 38.7 Å². The number of phenolic OH excluding ortho intramolecular Hbond substituents is 1. The molecule has 0 bridgehead atoms. The predicted octanol–water partition coefficient (Wildman–Crippen LogP) is 3.67. The number of esters is 1. The molecule has 1 N–H and O–H groups in total. The molecule has 1 saturated heterocycles. The lowest BCUT2D eigenvalue weighted by Gasteiger charge is -2.24. The van der Waals surface area contributed by atoms with E-state index >= 15 is 0 Å². The molecule has 0 saturated carbocycles. The van der Waals surface area contributed by atoms with Gasteiger partial charge in [0.1, 0.15) is 11.4 Å². The van der Waals surface area contributed by atoms with Gasteiger partial charge in [-0.15, -0.1) is 0 Å². The van der Waals surface area contributed by atoms with Crippen molar-refractivity contribution in [3.63, 3.8) is 0 Å². The van der Waals surface area contributed by atoms with Crippen LogP contribution in [0.2, 0.25) is 0 Å². The summed E-state index contributed by atoms with van der Waals surface area (Å²) in [7, 11) is 1.34. The first-order chi connectivity index (χ1) is 11.6. The first-order valence-electron chi connectivity index (χ1n) is 8.14. The van der Waals surface area contributed by atoms with E-state index < -0.39 is 11.7 Å². The van der Waals surface area contributed by atoms with Crippen molar-refractivity contribution < 1.29 is 24.2 Å². The number of halogens is 1. The van der Waals surface area contributed by atoms with Crippen molar-refractivity contribution in [2.75, 3.05) is 20.2 Å². The number of nitrogens with zero attached hydrogens (tertiary/aromatic N) is 1. The number of ether oxygens (including phenoxy) is 2. The van der Waals surface area contributed by atoms with Crippen LogP contribution in [-0.4, -0.2) is 47.9 Å². The fraction of sp³-hybridized carbons (Fsp3) is 0.556. The molecule has 0 spiro atoms. The third kappa shape index (κ3) is 4.87. The summed E-state index contributed by atoms with van der Waals surface area (Å²) in [6, 6.07) is 5.38. The molecular formula is C18H24BrNO5. The molecule has 1 aliphatic rings. The molecule has 1 aromatic carbocycles. The molecule has 2 atom stereocenters. The van der Waals surface area contributed by atoms with Crippen molar-refractivity contribution in [3.05, 3.63) is 28.2 Å². The van der Waals surface area contributed by atoms with E-state index in [0.29, 0.717) is 23.1 Å². The second-order valence-corrected chi connectivity index (χ2v) is 8.06. The summed E-state index contributed by atoms with van der Waals surface area (Å²) in [6.07, 6.45) is -0.244. The number of likely N-dealkylation sites (tertiary alicyclic amines) is 1. The molecule has 1 heterocycles. The maximum atomic E-state index is 12.4. The van der Waals surface area contributed by atoms with Gasteiger partial charge >= 0.3 is 12.1 Å². The van der Waals surface area contributed by atoms with Crippen LogP contribution in [0, 0.1) is 5.92 Å². The largest absolute Gasteiger partial charge is 0.506 e. The molecule has 1 amide bonds. The van der Waals surface area contributed by atoms with E-state index in [1.165, 1.54) is 7.11 Å². The fourth-order valence-electron chi connectivity index (χ4n) is 3.03. The van der Waals surface area contributed by atoms with Gasteiger partial charge < -0.3 is 19.5 Å². The smallest absolute Gasteiger partial charge is 0.410 e. The Morgan fingerprint density at radius 2 is 2.00 bits per heavy atom. The molecule has 0 aliphatic carbocycles. The van der Waals surface area contributed by atoms with E-state index in [1.54, 1.807) is 11.0 Å². The summed E-state index contributed by atoms with van der Waals surface area (Å²) in [5.41, 5.74) is 0.111. The van der Waals surface area contributed by atoms with Crippen LogP contribution in [0.25, 0.3) is 0 Å². The van der Waals surface area contributed by atoms with E-state index in [4.69, 9.17) is 9.47 Å². The lowest BCUT2D eigenvalue weighted by Crippen LogP contribution is -2.35. The summed E-state index contributed by atoms with van der Waals surface area (Å²) in [5, 5.41) is 10.4. The molecule has 1 aromatic rings. The highest BCUT2D eigenvalue weighted by Gasteiger charge is 2.40. The zero-order valence-corrected chi connectivity index (χ0v) is 16.5. The summed E-state index contributed by atoms with van der Waals surface area (Å²) in [6.45, 7) is 6.18. The monoisotopic (exact) mass is 413 g/mol. The Labute approximate surface area is 156 Å². The van der Waals surface area contributed by atoms with E-state index in [1.807, 2.05) is 32.9 Å². The van der Waals surface area contributed by atoms with Crippen molar-refractivity contribution >= 4 is 28.0 Å². The molecule has 1 fully saturated rings. The highest BCUT2D eigenvalue weighted by Crippen LogP contribution is 2.41. The molecule has 0 radical (unpaired) electrons. The zero-order chi connectivity index (χ0) is 18.8. The van der Waals surface area contributed by atoms with Gasteiger partial charge in [-0.25, -0.2) is 4.79 Å². The number of rotatable bonds is 3. The molecule has 25 heavy (non-hydrogen) atoms. The second kappa shape index (κ2) is 7.64. The number of aromatic hydroxyl groups is 1. The summed E-state index contributed by atoms with van der Waals surface area (Å²) < 4.78 is 10.8. The lowest BCUT2D eigenvalue weighted by molar-refractivity contribution is -0.141. The Morgan fingerprint density at radius 1 is 1.32 bits per heavy atom. The first-order valence-corrected chi connectivity index (χ1v) is 8.93. The van der Waals surface area contributed by atoms with Gasteiger partial charge in [-0.05, 0) is 48.7 Å². The van der Waals surface area contributed by atoms with Crippen LogP contribution in [-0.2, 0) is 14.3 Å². The van der Waals surface area contributed by atoms with Gasteiger partial charge in [-0.1, -0.05) is 12.1 Å². The number of methoxy groups -OCH3 is 1. The summed E-state index contributed by atoms with van der Waals surface area (Å²) in [4.78, 5) is 25.8. The van der Waals surface area contributed by atoms with E-state index in [0.717, 1.165) is 0 Å². The molecule has 2 rings (SSSR count). The summed E-state index contributed by atoms with van der Waals surface area (Å²) in [5.74, 6) is -0.534. The zero-order valence-electron chi connectivity index (χ0n) is 14.9. The Bertz CT molecular complexity index is 655. The van der Waals surface area contributed by atoms with E-state index in [9.17, 15) is 14.7 Å². The van der Waals surface area contributed by atoms with Gasteiger partial charge in [-0.3, -0.25) is 4.79 Å². The third-order valence-corrected chi connectivity index (χ3v) is 4.81. The van der Waals surface area contributed by atoms with Crippen LogP contribution < -0.4 is 0 Å². The van der Waals surface area contributed by atoms with Crippen molar-refractivity contribution in [2.24, 2.45) is 5.92 Å². The van der Waals surface area contributed by atoms with Crippen LogP contribution in [0.5, 0.6) is 5.75 Å². The van der Waals surface area contributed by atoms with Gasteiger partial charge in [0.2, 0.25) is 0 Å². The van der Waals surface area contributed by atoms with Gasteiger partial charge in [0.15, 0.2) is 0 Å². The van der Waals surface area contributed by atoms with Gasteiger partial charge in [-0.2, -0.15) is 0 Å². The van der Waals surface area contributed by atoms with Crippen LogP contribution in [0.1, 0.15) is 38.7 Å². The van der Waals surface area contributed by atoms with Gasteiger partial charge in [0.25, 0.3) is 0 Å². The van der Waals surface area contributed by atoms with Gasteiger partial charge in [0, 0.05) is 24.6 Å². The van der Waals surface area contributed by atoms with Crippen molar-refractivity contribution in [1.82, 2.24) is 4.90 Å². The van der Waals surface area contributed by atoms with Crippen molar-refractivity contribution in [3.8, 4) is 5.75 Å². The Balaban J connectivity index is 2.26. The predicted molar refractivity (Wildman–Crippen MR) is 96.5 cm³/mol. The number of carbonyl (C=O) groups is 2.